The molecule has 0 amide bonds. The Labute approximate surface area is 100 Å². The lowest BCUT2D eigenvalue weighted by atomic mass is 9.84. The highest BCUT2D eigenvalue weighted by Gasteiger charge is 2.46. The molecule has 0 saturated heterocycles. The maximum Gasteiger partial charge on any atom is 0.0625 e. The lowest BCUT2D eigenvalue weighted by Crippen LogP contribution is -2.48. The van der Waals surface area contributed by atoms with Crippen molar-refractivity contribution in [1.29, 1.82) is 0 Å². The van der Waals surface area contributed by atoms with Crippen LogP contribution in [0.5, 0.6) is 0 Å². The molecule has 1 rings (SSSR count). The Morgan fingerprint density at radius 3 is 2.25 bits per heavy atom. The second-order valence-corrected chi connectivity index (χ2v) is 6.17. The standard InChI is InChI=1S/C14H27NO/c1-7-8-9-11(2)12-10-13(3,4)15(16)14(12,5)6/h10-11,16H,7-9H2,1-6H3. The smallest absolute Gasteiger partial charge is 0.0625 e. The zero-order valence-corrected chi connectivity index (χ0v) is 11.7. The zero-order valence-electron chi connectivity index (χ0n) is 11.7. The summed E-state index contributed by atoms with van der Waals surface area (Å²) in [6.45, 7) is 12.8. The van der Waals surface area contributed by atoms with Crippen molar-refractivity contribution in [2.75, 3.05) is 0 Å². The van der Waals surface area contributed by atoms with Crippen LogP contribution in [-0.4, -0.2) is 21.3 Å². The summed E-state index contributed by atoms with van der Waals surface area (Å²) in [5, 5.41) is 11.7. The predicted octanol–water partition coefficient (Wildman–Crippen LogP) is 4.00. The zero-order chi connectivity index (χ0) is 12.6. The molecule has 0 saturated carbocycles. The molecule has 0 spiro atoms. The summed E-state index contributed by atoms with van der Waals surface area (Å²) >= 11 is 0. The average Bonchev–Trinajstić information content (AvgIpc) is 2.35. The Bertz CT molecular complexity index is 278. The number of hydroxylamine groups is 2. The monoisotopic (exact) mass is 225 g/mol. The third kappa shape index (κ3) is 2.33. The van der Waals surface area contributed by atoms with Gasteiger partial charge in [0, 0.05) is 0 Å². The number of unbranched alkanes of at least 4 members (excludes halogenated alkanes) is 1. The fourth-order valence-electron chi connectivity index (χ4n) is 2.87. The Morgan fingerprint density at radius 1 is 1.31 bits per heavy atom. The Kier molecular flexibility index (Phi) is 3.86. The van der Waals surface area contributed by atoms with Crippen molar-refractivity contribution >= 4 is 0 Å². The fraction of sp³-hybridized carbons (Fsp3) is 0.857. The average molecular weight is 225 g/mol. The summed E-state index contributed by atoms with van der Waals surface area (Å²) in [6.07, 6.45) is 5.97. The Morgan fingerprint density at radius 2 is 1.88 bits per heavy atom. The van der Waals surface area contributed by atoms with Gasteiger partial charge in [-0.15, -0.1) is 0 Å². The molecule has 2 heteroatoms. The molecular weight excluding hydrogens is 198 g/mol. The molecular formula is C14H27NO. The van der Waals surface area contributed by atoms with E-state index in [-0.39, 0.29) is 11.1 Å². The predicted molar refractivity (Wildman–Crippen MR) is 68.6 cm³/mol. The lowest BCUT2D eigenvalue weighted by molar-refractivity contribution is -0.186. The maximum absolute atomic E-state index is 10.2. The van der Waals surface area contributed by atoms with Gasteiger partial charge in [-0.25, -0.2) is 0 Å². The van der Waals surface area contributed by atoms with E-state index in [0.29, 0.717) is 5.92 Å². The summed E-state index contributed by atoms with van der Waals surface area (Å²) in [4.78, 5) is 0. The minimum atomic E-state index is -0.237. The van der Waals surface area contributed by atoms with Gasteiger partial charge in [-0.1, -0.05) is 32.8 Å². The number of hydrogen-bond acceptors (Lipinski definition) is 2. The van der Waals surface area contributed by atoms with Crippen LogP contribution in [0.1, 0.15) is 60.8 Å². The quantitative estimate of drug-likeness (QED) is 0.731. The molecule has 0 bridgehead atoms. The Hall–Kier alpha value is -0.340. The molecule has 0 radical (unpaired) electrons. The lowest BCUT2D eigenvalue weighted by Gasteiger charge is -2.37. The van der Waals surface area contributed by atoms with Gasteiger partial charge >= 0.3 is 0 Å². The summed E-state index contributed by atoms with van der Waals surface area (Å²) in [7, 11) is 0. The molecule has 1 N–H and O–H groups in total. The minimum absolute atomic E-state index is 0.226. The van der Waals surface area contributed by atoms with Crippen LogP contribution in [-0.2, 0) is 0 Å². The van der Waals surface area contributed by atoms with E-state index in [1.54, 1.807) is 0 Å². The third-order valence-electron chi connectivity index (χ3n) is 3.81. The van der Waals surface area contributed by atoms with Gasteiger partial charge in [0.25, 0.3) is 0 Å². The van der Waals surface area contributed by atoms with E-state index < -0.39 is 0 Å². The summed E-state index contributed by atoms with van der Waals surface area (Å²) in [5.41, 5.74) is 0.920. The van der Waals surface area contributed by atoms with Crippen molar-refractivity contribution in [3.05, 3.63) is 11.6 Å². The first-order valence-electron chi connectivity index (χ1n) is 6.46. The van der Waals surface area contributed by atoms with Gasteiger partial charge in [0.15, 0.2) is 0 Å². The van der Waals surface area contributed by atoms with Crippen LogP contribution in [0.3, 0.4) is 0 Å². The van der Waals surface area contributed by atoms with E-state index in [1.165, 1.54) is 29.9 Å². The van der Waals surface area contributed by atoms with E-state index in [4.69, 9.17) is 0 Å². The molecule has 1 aliphatic rings. The number of hydrogen-bond donors (Lipinski definition) is 1. The molecule has 16 heavy (non-hydrogen) atoms. The minimum Gasteiger partial charge on any atom is -0.312 e. The number of nitrogens with zero attached hydrogens (tertiary/aromatic N) is 1. The van der Waals surface area contributed by atoms with E-state index in [2.05, 4.69) is 47.6 Å². The van der Waals surface area contributed by atoms with Crippen molar-refractivity contribution in [2.24, 2.45) is 5.92 Å². The van der Waals surface area contributed by atoms with Gasteiger partial charge in [0.2, 0.25) is 0 Å². The van der Waals surface area contributed by atoms with Gasteiger partial charge in [-0.2, -0.15) is 5.06 Å². The molecule has 2 nitrogen and oxygen atoms in total. The second kappa shape index (κ2) is 4.50. The second-order valence-electron chi connectivity index (χ2n) is 6.17. The topological polar surface area (TPSA) is 23.5 Å². The van der Waals surface area contributed by atoms with Crippen molar-refractivity contribution in [3.63, 3.8) is 0 Å². The normalized spacial score (nSPS) is 25.6. The molecule has 0 fully saturated rings. The highest BCUT2D eigenvalue weighted by Crippen LogP contribution is 2.42. The van der Waals surface area contributed by atoms with E-state index in [1.807, 2.05) is 0 Å². The van der Waals surface area contributed by atoms with E-state index in [0.717, 1.165) is 0 Å². The molecule has 1 heterocycles. The number of rotatable bonds is 4. The van der Waals surface area contributed by atoms with E-state index >= 15 is 0 Å². The summed E-state index contributed by atoms with van der Waals surface area (Å²) in [6, 6.07) is 0. The molecule has 1 atom stereocenters. The molecule has 0 aromatic rings. The van der Waals surface area contributed by atoms with Gasteiger partial charge < -0.3 is 5.21 Å². The summed E-state index contributed by atoms with van der Waals surface area (Å²) in [5.74, 6) is 0.561. The van der Waals surface area contributed by atoms with E-state index in [9.17, 15) is 5.21 Å². The van der Waals surface area contributed by atoms with Crippen LogP contribution in [0.25, 0.3) is 0 Å². The Balaban J connectivity index is 2.87. The van der Waals surface area contributed by atoms with Gasteiger partial charge in [0.05, 0.1) is 11.1 Å². The molecule has 1 unspecified atom stereocenters. The van der Waals surface area contributed by atoms with Crippen LogP contribution in [0, 0.1) is 5.92 Å². The van der Waals surface area contributed by atoms with Crippen LogP contribution in [0.15, 0.2) is 11.6 Å². The first-order chi connectivity index (χ1) is 7.23. The largest absolute Gasteiger partial charge is 0.312 e. The van der Waals surface area contributed by atoms with Crippen LogP contribution >= 0.6 is 0 Å². The van der Waals surface area contributed by atoms with Crippen molar-refractivity contribution in [1.82, 2.24) is 5.06 Å². The SMILES string of the molecule is CCCCC(C)C1=CC(C)(C)N(O)C1(C)C. The molecule has 1 aliphatic heterocycles. The molecule has 94 valence electrons. The van der Waals surface area contributed by atoms with Gasteiger partial charge in [-0.05, 0) is 45.6 Å². The van der Waals surface area contributed by atoms with Crippen LogP contribution < -0.4 is 0 Å². The molecule has 0 aromatic carbocycles. The molecule has 0 aliphatic carbocycles. The highest BCUT2D eigenvalue weighted by atomic mass is 16.5. The van der Waals surface area contributed by atoms with Crippen molar-refractivity contribution < 1.29 is 5.21 Å². The van der Waals surface area contributed by atoms with Gasteiger partial charge in [-0.3, -0.25) is 0 Å². The fourth-order valence-corrected chi connectivity index (χ4v) is 2.87. The van der Waals surface area contributed by atoms with Gasteiger partial charge in [0.1, 0.15) is 0 Å². The summed E-state index contributed by atoms with van der Waals surface area (Å²) < 4.78 is 0. The first-order valence-corrected chi connectivity index (χ1v) is 6.46. The highest BCUT2D eigenvalue weighted by molar-refractivity contribution is 5.31. The van der Waals surface area contributed by atoms with Crippen molar-refractivity contribution in [2.45, 2.75) is 71.9 Å². The maximum atomic E-state index is 10.2. The van der Waals surface area contributed by atoms with Crippen LogP contribution in [0.2, 0.25) is 0 Å². The molecule has 0 aromatic heterocycles. The first kappa shape index (κ1) is 13.7. The van der Waals surface area contributed by atoms with Crippen LogP contribution in [0.4, 0.5) is 0 Å². The third-order valence-corrected chi connectivity index (χ3v) is 3.81. The van der Waals surface area contributed by atoms with Crippen molar-refractivity contribution in [3.8, 4) is 0 Å².